The third kappa shape index (κ3) is 3.81. The average Bonchev–Trinajstić information content (AvgIpc) is 3.06. The number of hydrogen-bond acceptors (Lipinski definition) is 4. The zero-order valence-electron chi connectivity index (χ0n) is 16.1. The minimum atomic E-state index is -0.0209. The molecular weight excluding hydrogens is 342 g/mol. The van der Waals surface area contributed by atoms with Crippen LogP contribution in [0.15, 0.2) is 24.3 Å². The second kappa shape index (κ2) is 7.89. The SMILES string of the molecule is CCCN1C(=O)C2CCC1CN(C(=O)CN1CCOc3ccccc3C1)C2. The molecular formula is C21H29N3O3. The normalized spacial score (nSPS) is 25.6. The van der Waals surface area contributed by atoms with Crippen LogP contribution in [-0.4, -0.2) is 71.9 Å². The molecule has 2 bridgehead atoms. The van der Waals surface area contributed by atoms with Crippen molar-refractivity contribution in [3.63, 3.8) is 0 Å². The van der Waals surface area contributed by atoms with Crippen LogP contribution >= 0.6 is 0 Å². The van der Waals surface area contributed by atoms with Crippen LogP contribution in [0.25, 0.3) is 0 Å². The highest BCUT2D eigenvalue weighted by atomic mass is 16.5. The molecule has 0 radical (unpaired) electrons. The first kappa shape index (κ1) is 18.3. The highest BCUT2D eigenvalue weighted by molar-refractivity contribution is 5.83. The Morgan fingerprint density at radius 1 is 1.22 bits per heavy atom. The number of amides is 2. The monoisotopic (exact) mass is 371 g/mol. The van der Waals surface area contributed by atoms with Gasteiger partial charge in [-0.2, -0.15) is 0 Å². The van der Waals surface area contributed by atoms with Crippen molar-refractivity contribution in [3.05, 3.63) is 29.8 Å². The van der Waals surface area contributed by atoms with Gasteiger partial charge in [-0.05, 0) is 25.3 Å². The van der Waals surface area contributed by atoms with E-state index in [2.05, 4.69) is 17.9 Å². The number of nitrogens with zero attached hydrogens (tertiary/aromatic N) is 3. The Kier molecular flexibility index (Phi) is 5.34. The minimum Gasteiger partial charge on any atom is -0.492 e. The van der Waals surface area contributed by atoms with Gasteiger partial charge in [-0.1, -0.05) is 25.1 Å². The van der Waals surface area contributed by atoms with Gasteiger partial charge >= 0.3 is 0 Å². The summed E-state index contributed by atoms with van der Waals surface area (Å²) < 4.78 is 5.81. The summed E-state index contributed by atoms with van der Waals surface area (Å²) in [7, 11) is 0. The lowest BCUT2D eigenvalue weighted by Crippen LogP contribution is -2.48. The van der Waals surface area contributed by atoms with E-state index in [-0.39, 0.29) is 23.8 Å². The highest BCUT2D eigenvalue weighted by Gasteiger charge is 2.41. The molecule has 2 amide bonds. The van der Waals surface area contributed by atoms with Gasteiger partial charge in [0.15, 0.2) is 0 Å². The molecule has 1 aromatic rings. The van der Waals surface area contributed by atoms with Crippen molar-refractivity contribution >= 4 is 11.8 Å². The number of benzene rings is 1. The van der Waals surface area contributed by atoms with Crippen molar-refractivity contribution in [1.29, 1.82) is 0 Å². The zero-order valence-corrected chi connectivity index (χ0v) is 16.1. The van der Waals surface area contributed by atoms with Crippen LogP contribution in [0.3, 0.4) is 0 Å². The minimum absolute atomic E-state index is 0.0209. The molecule has 0 aliphatic carbocycles. The van der Waals surface area contributed by atoms with E-state index >= 15 is 0 Å². The van der Waals surface area contributed by atoms with Gasteiger partial charge in [-0.15, -0.1) is 0 Å². The van der Waals surface area contributed by atoms with Crippen LogP contribution in [0.1, 0.15) is 31.7 Å². The second-order valence-corrected chi connectivity index (χ2v) is 7.93. The number of fused-ring (bicyclic) bond motifs is 5. The van der Waals surface area contributed by atoms with Crippen LogP contribution < -0.4 is 4.74 Å². The molecule has 27 heavy (non-hydrogen) atoms. The fraction of sp³-hybridized carbons (Fsp3) is 0.619. The van der Waals surface area contributed by atoms with Gasteiger partial charge in [0.25, 0.3) is 0 Å². The third-order valence-electron chi connectivity index (χ3n) is 6.00. The molecule has 1 aromatic carbocycles. The molecule has 2 unspecified atom stereocenters. The van der Waals surface area contributed by atoms with E-state index in [0.717, 1.165) is 50.2 Å². The summed E-state index contributed by atoms with van der Waals surface area (Å²) in [6.07, 6.45) is 2.90. The van der Waals surface area contributed by atoms with Gasteiger partial charge in [0, 0.05) is 44.3 Å². The molecule has 146 valence electrons. The summed E-state index contributed by atoms with van der Waals surface area (Å²) in [4.78, 5) is 31.9. The largest absolute Gasteiger partial charge is 0.492 e. The topological polar surface area (TPSA) is 53.1 Å². The number of piperidine rings is 1. The summed E-state index contributed by atoms with van der Waals surface area (Å²) in [5.41, 5.74) is 1.13. The van der Waals surface area contributed by atoms with Gasteiger partial charge in [-0.25, -0.2) is 0 Å². The fourth-order valence-corrected chi connectivity index (χ4v) is 4.59. The second-order valence-electron chi connectivity index (χ2n) is 7.93. The Morgan fingerprint density at radius 3 is 2.93 bits per heavy atom. The molecule has 4 aliphatic heterocycles. The summed E-state index contributed by atoms with van der Waals surface area (Å²) in [5, 5.41) is 0. The van der Waals surface area contributed by atoms with Crippen molar-refractivity contribution in [3.8, 4) is 5.75 Å². The summed E-state index contributed by atoms with van der Waals surface area (Å²) in [6, 6.07) is 8.22. The molecule has 6 nitrogen and oxygen atoms in total. The molecule has 3 fully saturated rings. The molecule has 0 aromatic heterocycles. The lowest BCUT2D eigenvalue weighted by atomic mass is 9.94. The van der Waals surface area contributed by atoms with Crippen molar-refractivity contribution in [2.75, 3.05) is 39.3 Å². The molecule has 0 saturated carbocycles. The van der Waals surface area contributed by atoms with Crippen LogP contribution in [0.2, 0.25) is 0 Å². The Hall–Kier alpha value is -2.08. The molecule has 5 rings (SSSR count). The zero-order chi connectivity index (χ0) is 18.8. The highest BCUT2D eigenvalue weighted by Crippen LogP contribution is 2.29. The smallest absolute Gasteiger partial charge is 0.236 e. The number of para-hydroxylation sites is 1. The number of ether oxygens (including phenoxy) is 1. The molecule has 2 atom stereocenters. The molecule has 0 spiro atoms. The van der Waals surface area contributed by atoms with Gasteiger partial charge in [0.2, 0.25) is 11.8 Å². The quantitative estimate of drug-likeness (QED) is 0.809. The lowest BCUT2D eigenvalue weighted by molar-refractivity contribution is -0.139. The van der Waals surface area contributed by atoms with Crippen molar-refractivity contribution < 1.29 is 14.3 Å². The molecule has 4 aliphatic rings. The van der Waals surface area contributed by atoms with E-state index in [1.165, 1.54) is 0 Å². The number of hydrogen-bond donors (Lipinski definition) is 0. The lowest BCUT2D eigenvalue weighted by Gasteiger charge is -2.35. The third-order valence-corrected chi connectivity index (χ3v) is 6.00. The summed E-state index contributed by atoms with van der Waals surface area (Å²) >= 11 is 0. The number of carbonyl (C=O) groups is 2. The van der Waals surface area contributed by atoms with Crippen molar-refractivity contribution in [2.24, 2.45) is 5.92 Å². The first-order valence-electron chi connectivity index (χ1n) is 10.2. The first-order valence-corrected chi connectivity index (χ1v) is 10.2. The Labute approximate surface area is 161 Å². The van der Waals surface area contributed by atoms with E-state index in [1.807, 2.05) is 28.0 Å². The van der Waals surface area contributed by atoms with Crippen molar-refractivity contribution in [1.82, 2.24) is 14.7 Å². The predicted molar refractivity (Wildman–Crippen MR) is 102 cm³/mol. The van der Waals surface area contributed by atoms with E-state index in [9.17, 15) is 9.59 Å². The van der Waals surface area contributed by atoms with E-state index in [0.29, 0.717) is 26.2 Å². The average molecular weight is 371 g/mol. The van der Waals surface area contributed by atoms with E-state index in [1.54, 1.807) is 0 Å². The van der Waals surface area contributed by atoms with E-state index in [4.69, 9.17) is 4.74 Å². The van der Waals surface area contributed by atoms with E-state index < -0.39 is 0 Å². The van der Waals surface area contributed by atoms with Crippen molar-refractivity contribution in [2.45, 2.75) is 38.8 Å². The standard InChI is InChI=1S/C21H29N3O3/c1-2-9-24-18-8-7-17(21(24)26)13-23(14-18)20(25)15-22-10-11-27-19-6-4-3-5-16(19)12-22/h3-6,17-18H,2,7-15H2,1H3. The Balaban J connectivity index is 1.42. The summed E-state index contributed by atoms with van der Waals surface area (Å²) in [6.45, 7) is 6.62. The molecule has 3 saturated heterocycles. The summed E-state index contributed by atoms with van der Waals surface area (Å²) in [5.74, 6) is 1.28. The maximum Gasteiger partial charge on any atom is 0.236 e. The Morgan fingerprint density at radius 2 is 2.07 bits per heavy atom. The van der Waals surface area contributed by atoms with Crippen LogP contribution in [-0.2, 0) is 16.1 Å². The number of rotatable bonds is 4. The molecule has 6 heteroatoms. The first-order chi connectivity index (χ1) is 13.2. The number of carbonyl (C=O) groups excluding carboxylic acids is 2. The Bertz CT molecular complexity index is 708. The van der Waals surface area contributed by atoms with Crippen LogP contribution in [0, 0.1) is 5.92 Å². The predicted octanol–water partition coefficient (Wildman–Crippen LogP) is 1.74. The van der Waals surface area contributed by atoms with Crippen LogP contribution in [0.5, 0.6) is 5.75 Å². The van der Waals surface area contributed by atoms with Crippen LogP contribution in [0.4, 0.5) is 0 Å². The van der Waals surface area contributed by atoms with Gasteiger partial charge in [0.05, 0.1) is 12.5 Å². The fourth-order valence-electron chi connectivity index (χ4n) is 4.59. The maximum absolute atomic E-state index is 13.0. The van der Waals surface area contributed by atoms with Gasteiger partial charge in [0.1, 0.15) is 12.4 Å². The molecule has 0 N–H and O–H groups in total. The molecule has 4 heterocycles. The van der Waals surface area contributed by atoms with Gasteiger partial charge in [-0.3, -0.25) is 14.5 Å². The van der Waals surface area contributed by atoms with Gasteiger partial charge < -0.3 is 14.5 Å². The maximum atomic E-state index is 13.0.